The molecule has 0 aromatic heterocycles. The molecule has 0 spiro atoms. The molecule has 0 fully saturated rings. The standard InChI is InChI=1S/C16H14Cl2N2O/c1-19-16(9-3-2-4-11(17)5-9)12-6-10-7-15(21)20-14(10)8-13(12)18/h2-6,8,16,19H,7H2,1H3,(H,20,21). The first-order chi connectivity index (χ1) is 10.1. The molecule has 3 rings (SSSR count). The number of carbonyl (C=O) groups excluding carboxylic acids is 1. The summed E-state index contributed by atoms with van der Waals surface area (Å²) >= 11 is 12.5. The number of hydrogen-bond acceptors (Lipinski definition) is 2. The molecule has 2 aromatic carbocycles. The first-order valence-corrected chi connectivity index (χ1v) is 7.39. The fourth-order valence-electron chi connectivity index (χ4n) is 2.68. The molecule has 1 atom stereocenters. The third-order valence-corrected chi connectivity index (χ3v) is 4.19. The second-order valence-corrected chi connectivity index (χ2v) is 5.88. The van der Waals surface area contributed by atoms with Crippen LogP contribution in [0, 0.1) is 0 Å². The van der Waals surface area contributed by atoms with Gasteiger partial charge >= 0.3 is 0 Å². The van der Waals surface area contributed by atoms with Crippen molar-refractivity contribution in [3.63, 3.8) is 0 Å². The molecular formula is C16H14Cl2N2O. The third kappa shape index (κ3) is 2.77. The second-order valence-electron chi connectivity index (χ2n) is 5.03. The molecule has 2 N–H and O–H groups in total. The van der Waals surface area contributed by atoms with Gasteiger partial charge in [0.25, 0.3) is 0 Å². The van der Waals surface area contributed by atoms with E-state index in [9.17, 15) is 4.79 Å². The van der Waals surface area contributed by atoms with E-state index in [1.807, 2.05) is 43.4 Å². The first-order valence-electron chi connectivity index (χ1n) is 6.63. The van der Waals surface area contributed by atoms with Crippen LogP contribution in [0.2, 0.25) is 10.0 Å². The normalized spacial score (nSPS) is 14.7. The van der Waals surface area contributed by atoms with E-state index in [1.54, 1.807) is 0 Å². The van der Waals surface area contributed by atoms with Crippen LogP contribution in [0.25, 0.3) is 0 Å². The van der Waals surface area contributed by atoms with Gasteiger partial charge in [-0.15, -0.1) is 0 Å². The summed E-state index contributed by atoms with van der Waals surface area (Å²) in [6, 6.07) is 11.4. The van der Waals surface area contributed by atoms with Crippen molar-refractivity contribution in [2.24, 2.45) is 0 Å². The van der Waals surface area contributed by atoms with E-state index in [2.05, 4.69) is 10.6 Å². The molecule has 2 aromatic rings. The fraction of sp³-hybridized carbons (Fsp3) is 0.188. The quantitative estimate of drug-likeness (QED) is 0.903. The highest BCUT2D eigenvalue weighted by atomic mass is 35.5. The average Bonchev–Trinajstić information content (AvgIpc) is 2.79. The minimum atomic E-state index is -0.0720. The molecule has 0 radical (unpaired) electrons. The summed E-state index contributed by atoms with van der Waals surface area (Å²) in [5.41, 5.74) is 3.75. The Kier molecular flexibility index (Phi) is 3.89. The van der Waals surface area contributed by atoms with Gasteiger partial charge in [-0.05, 0) is 48.0 Å². The van der Waals surface area contributed by atoms with Gasteiger partial charge in [0.05, 0.1) is 12.5 Å². The van der Waals surface area contributed by atoms with Gasteiger partial charge in [-0.3, -0.25) is 4.79 Å². The maximum atomic E-state index is 11.5. The van der Waals surface area contributed by atoms with Gasteiger partial charge in [0.1, 0.15) is 0 Å². The van der Waals surface area contributed by atoms with Gasteiger partial charge in [-0.2, -0.15) is 0 Å². The summed E-state index contributed by atoms with van der Waals surface area (Å²) in [6.45, 7) is 0. The van der Waals surface area contributed by atoms with Crippen molar-refractivity contribution < 1.29 is 4.79 Å². The summed E-state index contributed by atoms with van der Waals surface area (Å²) < 4.78 is 0. The van der Waals surface area contributed by atoms with Gasteiger partial charge in [0, 0.05) is 15.7 Å². The predicted molar refractivity (Wildman–Crippen MR) is 86.1 cm³/mol. The van der Waals surface area contributed by atoms with Gasteiger partial charge < -0.3 is 10.6 Å². The van der Waals surface area contributed by atoms with E-state index in [0.29, 0.717) is 16.5 Å². The number of fused-ring (bicyclic) bond motifs is 1. The Hall–Kier alpha value is -1.55. The van der Waals surface area contributed by atoms with Gasteiger partial charge in [0.15, 0.2) is 0 Å². The zero-order valence-corrected chi connectivity index (χ0v) is 12.9. The van der Waals surface area contributed by atoms with Crippen LogP contribution in [0.4, 0.5) is 5.69 Å². The molecule has 1 heterocycles. The highest BCUT2D eigenvalue weighted by Gasteiger charge is 2.23. The van der Waals surface area contributed by atoms with Crippen LogP contribution in [-0.2, 0) is 11.2 Å². The number of anilines is 1. The molecule has 108 valence electrons. The Morgan fingerprint density at radius 1 is 1.24 bits per heavy atom. The van der Waals surface area contributed by atoms with Crippen LogP contribution < -0.4 is 10.6 Å². The van der Waals surface area contributed by atoms with Crippen LogP contribution in [0.15, 0.2) is 36.4 Å². The van der Waals surface area contributed by atoms with E-state index in [-0.39, 0.29) is 11.9 Å². The van der Waals surface area contributed by atoms with Crippen molar-refractivity contribution in [1.82, 2.24) is 5.32 Å². The number of hydrogen-bond donors (Lipinski definition) is 2. The summed E-state index contributed by atoms with van der Waals surface area (Å²) in [7, 11) is 1.87. The largest absolute Gasteiger partial charge is 0.325 e. The van der Waals surface area contributed by atoms with E-state index >= 15 is 0 Å². The number of halogens is 2. The molecule has 0 aliphatic carbocycles. The molecule has 1 aliphatic rings. The second kappa shape index (κ2) is 5.68. The molecule has 0 saturated heterocycles. The van der Waals surface area contributed by atoms with Gasteiger partial charge in [0.2, 0.25) is 5.91 Å². The lowest BCUT2D eigenvalue weighted by Crippen LogP contribution is -2.18. The molecule has 0 bridgehead atoms. The lowest BCUT2D eigenvalue weighted by molar-refractivity contribution is -0.115. The zero-order chi connectivity index (χ0) is 15.0. The Balaban J connectivity index is 2.06. The highest BCUT2D eigenvalue weighted by molar-refractivity contribution is 6.32. The van der Waals surface area contributed by atoms with E-state index in [4.69, 9.17) is 23.2 Å². The Bertz CT molecular complexity index is 715. The number of carbonyl (C=O) groups is 1. The summed E-state index contributed by atoms with van der Waals surface area (Å²) in [6.07, 6.45) is 0.394. The smallest absolute Gasteiger partial charge is 0.228 e. The van der Waals surface area contributed by atoms with Crippen molar-refractivity contribution in [2.75, 3.05) is 12.4 Å². The van der Waals surface area contributed by atoms with Crippen molar-refractivity contribution in [3.05, 3.63) is 63.1 Å². The van der Waals surface area contributed by atoms with Crippen molar-refractivity contribution in [2.45, 2.75) is 12.5 Å². The minimum absolute atomic E-state index is 0.00183. The van der Waals surface area contributed by atoms with Crippen molar-refractivity contribution >= 4 is 34.8 Å². The maximum Gasteiger partial charge on any atom is 0.228 e. The molecule has 0 saturated carbocycles. The topological polar surface area (TPSA) is 41.1 Å². The van der Waals surface area contributed by atoms with Crippen LogP contribution >= 0.6 is 23.2 Å². The van der Waals surface area contributed by atoms with Crippen molar-refractivity contribution in [3.8, 4) is 0 Å². The summed E-state index contributed by atoms with van der Waals surface area (Å²) in [5, 5.41) is 7.37. The first kappa shape index (κ1) is 14.4. The van der Waals surface area contributed by atoms with Gasteiger partial charge in [-0.1, -0.05) is 35.3 Å². The zero-order valence-electron chi connectivity index (χ0n) is 11.4. The average molecular weight is 321 g/mol. The van der Waals surface area contributed by atoms with E-state index < -0.39 is 0 Å². The Morgan fingerprint density at radius 3 is 2.76 bits per heavy atom. The molecule has 21 heavy (non-hydrogen) atoms. The van der Waals surface area contributed by atoms with Crippen LogP contribution in [0.1, 0.15) is 22.7 Å². The monoisotopic (exact) mass is 320 g/mol. The fourth-order valence-corrected chi connectivity index (χ4v) is 3.15. The van der Waals surface area contributed by atoms with E-state index in [1.165, 1.54) is 0 Å². The molecule has 1 unspecified atom stereocenters. The SMILES string of the molecule is CNC(c1cccc(Cl)c1)c1cc2c(cc1Cl)NC(=O)C2. The summed E-state index contributed by atoms with van der Waals surface area (Å²) in [5.74, 6) is 0.00183. The van der Waals surface area contributed by atoms with Crippen LogP contribution in [0.5, 0.6) is 0 Å². The third-order valence-electron chi connectivity index (χ3n) is 3.63. The number of rotatable bonds is 3. The number of nitrogens with one attached hydrogen (secondary N) is 2. The maximum absolute atomic E-state index is 11.5. The lowest BCUT2D eigenvalue weighted by atomic mass is 9.96. The van der Waals surface area contributed by atoms with E-state index in [0.717, 1.165) is 22.4 Å². The van der Waals surface area contributed by atoms with Gasteiger partial charge in [-0.25, -0.2) is 0 Å². The Labute approximate surface area is 133 Å². The number of amides is 1. The molecule has 1 aliphatic heterocycles. The van der Waals surface area contributed by atoms with Crippen molar-refractivity contribution in [1.29, 1.82) is 0 Å². The Morgan fingerprint density at radius 2 is 2.05 bits per heavy atom. The lowest BCUT2D eigenvalue weighted by Gasteiger charge is -2.20. The van der Waals surface area contributed by atoms with Crippen LogP contribution in [0.3, 0.4) is 0 Å². The summed E-state index contributed by atoms with van der Waals surface area (Å²) in [4.78, 5) is 11.5. The molecular weight excluding hydrogens is 307 g/mol. The highest BCUT2D eigenvalue weighted by Crippen LogP contribution is 2.35. The van der Waals surface area contributed by atoms with Crippen LogP contribution in [-0.4, -0.2) is 13.0 Å². The molecule has 5 heteroatoms. The number of benzene rings is 2. The minimum Gasteiger partial charge on any atom is -0.325 e. The molecule has 3 nitrogen and oxygen atoms in total. The predicted octanol–water partition coefficient (Wildman–Crippen LogP) is 3.80. The molecule has 1 amide bonds.